The second-order valence-electron chi connectivity index (χ2n) is 4.42. The van der Waals surface area contributed by atoms with E-state index in [-0.39, 0.29) is 12.5 Å². The van der Waals surface area contributed by atoms with Gasteiger partial charge in [0.05, 0.1) is 18.5 Å². The van der Waals surface area contributed by atoms with Crippen molar-refractivity contribution in [2.45, 2.75) is 24.4 Å². The minimum atomic E-state index is -0.0773. The van der Waals surface area contributed by atoms with Gasteiger partial charge in [-0.2, -0.15) is 0 Å². The molecule has 2 rings (SSSR count). The van der Waals surface area contributed by atoms with Crippen LogP contribution in [-0.2, 0) is 24.2 Å². The maximum Gasteiger partial charge on any atom is 0.221 e. The molecule has 0 spiro atoms. The van der Waals surface area contributed by atoms with Crippen LogP contribution in [0.25, 0.3) is 0 Å². The van der Waals surface area contributed by atoms with Gasteiger partial charge in [-0.05, 0) is 17.7 Å². The molecule has 1 aromatic heterocycles. The largest absolute Gasteiger partial charge is 0.390 e. The fourth-order valence-electron chi connectivity index (χ4n) is 1.80. The smallest absolute Gasteiger partial charge is 0.221 e. The van der Waals surface area contributed by atoms with Crippen molar-refractivity contribution in [1.29, 1.82) is 0 Å². The zero-order valence-corrected chi connectivity index (χ0v) is 12.3. The number of carbonyl (C=O) groups excluding carboxylic acids is 1. The number of aromatic nitrogens is 2. The monoisotopic (exact) mass is 291 g/mol. The Labute approximate surface area is 122 Å². The van der Waals surface area contributed by atoms with Gasteiger partial charge < -0.3 is 15.0 Å². The molecule has 1 aromatic carbocycles. The fraction of sp³-hybridized carbons (Fsp3) is 0.286. The highest BCUT2D eigenvalue weighted by molar-refractivity contribution is 7.98. The van der Waals surface area contributed by atoms with Gasteiger partial charge in [-0.15, -0.1) is 0 Å². The van der Waals surface area contributed by atoms with E-state index in [9.17, 15) is 4.79 Å². The van der Waals surface area contributed by atoms with Crippen molar-refractivity contribution in [3.63, 3.8) is 0 Å². The Morgan fingerprint density at radius 2 is 2.30 bits per heavy atom. The predicted molar refractivity (Wildman–Crippen MR) is 79.4 cm³/mol. The first-order valence-electron chi connectivity index (χ1n) is 6.21. The van der Waals surface area contributed by atoms with E-state index in [2.05, 4.69) is 10.3 Å². The lowest BCUT2D eigenvalue weighted by Crippen LogP contribution is -2.05. The summed E-state index contributed by atoms with van der Waals surface area (Å²) in [6.45, 7) is 1.48. The molecule has 0 aliphatic carbocycles. The number of rotatable bonds is 5. The quantitative estimate of drug-likeness (QED) is 0.828. The van der Waals surface area contributed by atoms with Crippen LogP contribution in [0, 0.1) is 0 Å². The highest BCUT2D eigenvalue weighted by atomic mass is 32.2. The van der Waals surface area contributed by atoms with Crippen LogP contribution in [0.2, 0.25) is 0 Å². The van der Waals surface area contributed by atoms with Crippen LogP contribution in [0.4, 0.5) is 5.69 Å². The third kappa shape index (κ3) is 3.61. The Bertz CT molecular complexity index is 610. The molecule has 106 valence electrons. The molecule has 0 aliphatic heterocycles. The van der Waals surface area contributed by atoms with Crippen LogP contribution in [0.1, 0.15) is 18.2 Å². The topological polar surface area (TPSA) is 67.2 Å². The molecular weight excluding hydrogens is 274 g/mol. The standard InChI is InChI=1S/C14H17N3O2S/c1-10(19)16-12-5-3-4-11(6-12)9-20-14-15-7-13(8-18)17(14)2/h3-7,18H,8-9H2,1-2H3,(H,16,19). The molecule has 2 N–H and O–H groups in total. The van der Waals surface area contributed by atoms with Crippen molar-refractivity contribution in [3.05, 3.63) is 41.7 Å². The Morgan fingerprint density at radius 3 is 2.95 bits per heavy atom. The lowest BCUT2D eigenvalue weighted by molar-refractivity contribution is -0.114. The van der Waals surface area contributed by atoms with Gasteiger partial charge in [0.2, 0.25) is 5.91 Å². The Morgan fingerprint density at radius 1 is 1.50 bits per heavy atom. The third-order valence-electron chi connectivity index (χ3n) is 2.82. The summed E-state index contributed by atoms with van der Waals surface area (Å²) in [6, 6.07) is 7.73. The molecule has 0 bridgehead atoms. The van der Waals surface area contributed by atoms with E-state index in [0.717, 1.165) is 27.9 Å². The Balaban J connectivity index is 2.03. The molecule has 6 heteroatoms. The van der Waals surface area contributed by atoms with Crippen LogP contribution in [0.15, 0.2) is 35.6 Å². The second kappa shape index (κ2) is 6.58. The Kier molecular flexibility index (Phi) is 4.81. The highest BCUT2D eigenvalue weighted by Crippen LogP contribution is 2.23. The van der Waals surface area contributed by atoms with Crippen molar-refractivity contribution in [1.82, 2.24) is 9.55 Å². The number of aliphatic hydroxyl groups excluding tert-OH is 1. The summed E-state index contributed by atoms with van der Waals surface area (Å²) in [4.78, 5) is 15.3. The zero-order chi connectivity index (χ0) is 14.5. The van der Waals surface area contributed by atoms with Crippen LogP contribution in [-0.4, -0.2) is 20.6 Å². The number of aliphatic hydroxyl groups is 1. The van der Waals surface area contributed by atoms with Gasteiger partial charge in [-0.1, -0.05) is 23.9 Å². The van der Waals surface area contributed by atoms with Crippen molar-refractivity contribution >= 4 is 23.4 Å². The number of benzene rings is 1. The Hall–Kier alpha value is -1.79. The van der Waals surface area contributed by atoms with E-state index >= 15 is 0 Å². The minimum Gasteiger partial charge on any atom is -0.390 e. The van der Waals surface area contributed by atoms with Crippen molar-refractivity contribution in [2.75, 3.05) is 5.32 Å². The summed E-state index contributed by atoms with van der Waals surface area (Å²) in [6.07, 6.45) is 1.68. The number of amides is 1. The number of hydrogen-bond acceptors (Lipinski definition) is 4. The molecular formula is C14H17N3O2S. The first kappa shape index (κ1) is 14.6. The molecule has 0 unspecified atom stereocenters. The number of nitrogens with one attached hydrogen (secondary N) is 1. The van der Waals surface area contributed by atoms with E-state index in [1.807, 2.05) is 35.9 Å². The minimum absolute atomic E-state index is 0.0118. The molecule has 0 saturated heterocycles. The maximum absolute atomic E-state index is 11.0. The number of thioether (sulfide) groups is 1. The molecule has 1 heterocycles. The van der Waals surface area contributed by atoms with Crippen molar-refractivity contribution in [2.24, 2.45) is 7.05 Å². The summed E-state index contributed by atoms with van der Waals surface area (Å²) >= 11 is 1.59. The van der Waals surface area contributed by atoms with Crippen LogP contribution in [0.3, 0.4) is 0 Å². The van der Waals surface area contributed by atoms with Gasteiger partial charge in [0.15, 0.2) is 5.16 Å². The summed E-state index contributed by atoms with van der Waals surface area (Å²) in [5.74, 6) is 0.676. The molecule has 20 heavy (non-hydrogen) atoms. The average Bonchev–Trinajstić information content (AvgIpc) is 2.76. The summed E-state index contributed by atoms with van der Waals surface area (Å²) in [7, 11) is 1.88. The molecule has 2 aromatic rings. The normalized spacial score (nSPS) is 10.6. The molecule has 1 amide bonds. The second-order valence-corrected chi connectivity index (χ2v) is 5.36. The molecule has 0 aliphatic rings. The van der Waals surface area contributed by atoms with E-state index in [4.69, 9.17) is 5.11 Å². The molecule has 0 atom stereocenters. The maximum atomic E-state index is 11.0. The first-order valence-corrected chi connectivity index (χ1v) is 7.19. The van der Waals surface area contributed by atoms with Gasteiger partial charge in [0.25, 0.3) is 0 Å². The van der Waals surface area contributed by atoms with E-state index < -0.39 is 0 Å². The number of hydrogen-bond donors (Lipinski definition) is 2. The van der Waals surface area contributed by atoms with Gasteiger partial charge in [-0.25, -0.2) is 4.98 Å². The van der Waals surface area contributed by atoms with Crippen molar-refractivity contribution < 1.29 is 9.90 Å². The fourth-order valence-corrected chi connectivity index (χ4v) is 2.71. The highest BCUT2D eigenvalue weighted by Gasteiger charge is 2.06. The molecule has 5 nitrogen and oxygen atoms in total. The zero-order valence-electron chi connectivity index (χ0n) is 11.5. The summed E-state index contributed by atoms with van der Waals surface area (Å²) in [5.41, 5.74) is 2.70. The third-order valence-corrected chi connectivity index (χ3v) is 3.93. The average molecular weight is 291 g/mol. The number of anilines is 1. The van der Waals surface area contributed by atoms with Crippen molar-refractivity contribution in [3.8, 4) is 0 Å². The van der Waals surface area contributed by atoms with E-state index in [1.165, 1.54) is 6.92 Å². The van der Waals surface area contributed by atoms with Gasteiger partial charge in [0, 0.05) is 25.4 Å². The molecule has 0 saturated carbocycles. The van der Waals surface area contributed by atoms with E-state index in [0.29, 0.717) is 0 Å². The number of carbonyl (C=O) groups is 1. The van der Waals surface area contributed by atoms with Crippen LogP contribution in [0.5, 0.6) is 0 Å². The number of imidazole rings is 1. The summed E-state index contributed by atoms with van der Waals surface area (Å²) < 4.78 is 1.88. The van der Waals surface area contributed by atoms with Gasteiger partial charge in [0.1, 0.15) is 0 Å². The first-order chi connectivity index (χ1) is 9.60. The van der Waals surface area contributed by atoms with E-state index in [1.54, 1.807) is 18.0 Å². The number of nitrogens with zero attached hydrogens (tertiary/aromatic N) is 2. The lowest BCUT2D eigenvalue weighted by atomic mass is 10.2. The predicted octanol–water partition coefficient (Wildman–Crippen LogP) is 2.16. The van der Waals surface area contributed by atoms with Gasteiger partial charge in [-0.3, -0.25) is 4.79 Å². The van der Waals surface area contributed by atoms with Crippen LogP contribution >= 0.6 is 11.8 Å². The molecule has 0 fully saturated rings. The van der Waals surface area contributed by atoms with Gasteiger partial charge >= 0.3 is 0 Å². The van der Waals surface area contributed by atoms with Crippen LogP contribution < -0.4 is 5.32 Å². The molecule has 0 radical (unpaired) electrons. The lowest BCUT2D eigenvalue weighted by Gasteiger charge is -2.06. The summed E-state index contributed by atoms with van der Waals surface area (Å²) in [5, 5.41) is 12.8. The SMILES string of the molecule is CC(=O)Nc1cccc(CSc2ncc(CO)n2C)c1.